The van der Waals surface area contributed by atoms with Crippen molar-refractivity contribution in [2.75, 3.05) is 26.2 Å². The predicted octanol–water partition coefficient (Wildman–Crippen LogP) is 4.84. The third kappa shape index (κ3) is 6.26. The fraction of sp³-hybridized carbons (Fsp3) is 0.350. The normalized spacial score (nSPS) is 17.0. The number of hydrogen-bond donors (Lipinski definition) is 1. The summed E-state index contributed by atoms with van der Waals surface area (Å²) in [6.07, 6.45) is 0.0732. The number of carbonyl (C=O) groups is 1. The molecule has 0 saturated carbocycles. The Morgan fingerprint density at radius 1 is 1.18 bits per heavy atom. The molecule has 1 aliphatic heterocycles. The lowest BCUT2D eigenvalue weighted by Gasteiger charge is -2.32. The standard InChI is InChI=1S/C20H21Cl2NO4.ClH/c21-17-2-1-3-18(22)16(17)13-27-15-6-4-14(5-7-15)19-12-23(10-11-26-19)9-8-20(24)25;/h1-7,19H,8-13H2,(H,24,25);1H. The second-order valence-electron chi connectivity index (χ2n) is 6.36. The summed E-state index contributed by atoms with van der Waals surface area (Å²) in [6.45, 7) is 2.86. The molecule has 1 fully saturated rings. The molecule has 0 aromatic heterocycles. The van der Waals surface area contributed by atoms with E-state index in [-0.39, 0.29) is 24.9 Å². The summed E-state index contributed by atoms with van der Waals surface area (Å²) in [7, 11) is 0. The molecule has 1 aliphatic rings. The minimum atomic E-state index is -0.779. The average Bonchev–Trinajstić information content (AvgIpc) is 2.67. The molecule has 3 rings (SSSR count). The Labute approximate surface area is 180 Å². The summed E-state index contributed by atoms with van der Waals surface area (Å²) in [5, 5.41) is 10.00. The lowest BCUT2D eigenvalue weighted by Crippen LogP contribution is -2.39. The lowest BCUT2D eigenvalue weighted by atomic mass is 10.1. The van der Waals surface area contributed by atoms with Gasteiger partial charge in [0.1, 0.15) is 12.4 Å². The van der Waals surface area contributed by atoms with Crippen LogP contribution in [0.2, 0.25) is 10.0 Å². The van der Waals surface area contributed by atoms with E-state index in [9.17, 15) is 4.79 Å². The van der Waals surface area contributed by atoms with Gasteiger partial charge >= 0.3 is 5.97 Å². The van der Waals surface area contributed by atoms with Gasteiger partial charge in [0, 0.05) is 35.2 Å². The van der Waals surface area contributed by atoms with Gasteiger partial charge < -0.3 is 14.6 Å². The minimum Gasteiger partial charge on any atom is -0.489 e. The molecule has 152 valence electrons. The first-order valence-electron chi connectivity index (χ1n) is 8.74. The number of nitrogens with zero attached hydrogens (tertiary/aromatic N) is 1. The fourth-order valence-corrected chi connectivity index (χ4v) is 3.47. The van der Waals surface area contributed by atoms with Crippen molar-refractivity contribution >= 4 is 41.6 Å². The molecule has 1 saturated heterocycles. The molecular weight excluding hydrogens is 425 g/mol. The molecule has 1 unspecified atom stereocenters. The zero-order valence-corrected chi connectivity index (χ0v) is 17.5. The number of aliphatic carboxylic acids is 1. The maximum atomic E-state index is 10.7. The van der Waals surface area contributed by atoms with Crippen LogP contribution in [-0.2, 0) is 16.1 Å². The van der Waals surface area contributed by atoms with Gasteiger partial charge in [-0.2, -0.15) is 0 Å². The van der Waals surface area contributed by atoms with Crippen molar-refractivity contribution in [1.82, 2.24) is 4.90 Å². The number of halogens is 3. The first-order chi connectivity index (χ1) is 13.0. The number of carboxylic acids is 1. The predicted molar refractivity (Wildman–Crippen MR) is 112 cm³/mol. The molecule has 1 atom stereocenters. The van der Waals surface area contributed by atoms with Crippen molar-refractivity contribution in [2.24, 2.45) is 0 Å². The Kier molecular flexibility index (Phi) is 8.86. The summed E-state index contributed by atoms with van der Waals surface area (Å²) in [6, 6.07) is 13.1. The molecule has 1 heterocycles. The highest BCUT2D eigenvalue weighted by Crippen LogP contribution is 2.27. The van der Waals surface area contributed by atoms with Crippen LogP contribution >= 0.6 is 35.6 Å². The van der Waals surface area contributed by atoms with Crippen LogP contribution in [0.5, 0.6) is 5.75 Å². The SMILES string of the molecule is Cl.O=C(O)CCN1CCOC(c2ccc(OCc3c(Cl)cccc3Cl)cc2)C1. The van der Waals surface area contributed by atoms with E-state index in [1.807, 2.05) is 24.3 Å². The van der Waals surface area contributed by atoms with Gasteiger partial charge in [-0.05, 0) is 29.8 Å². The Morgan fingerprint density at radius 2 is 1.86 bits per heavy atom. The maximum absolute atomic E-state index is 10.7. The molecule has 2 aromatic rings. The zero-order chi connectivity index (χ0) is 19.2. The van der Waals surface area contributed by atoms with Crippen LogP contribution in [0, 0.1) is 0 Å². The lowest BCUT2D eigenvalue weighted by molar-refractivity contribution is -0.137. The highest BCUT2D eigenvalue weighted by atomic mass is 35.5. The van der Waals surface area contributed by atoms with Gasteiger partial charge in [-0.1, -0.05) is 41.4 Å². The monoisotopic (exact) mass is 445 g/mol. The molecule has 0 radical (unpaired) electrons. The number of carboxylic acid groups (broad SMARTS) is 1. The van der Waals surface area contributed by atoms with Gasteiger partial charge in [0.15, 0.2) is 0 Å². The Balaban J connectivity index is 0.00000280. The van der Waals surface area contributed by atoms with Crippen LogP contribution in [0.1, 0.15) is 23.7 Å². The third-order valence-corrected chi connectivity index (χ3v) is 5.20. The van der Waals surface area contributed by atoms with E-state index >= 15 is 0 Å². The van der Waals surface area contributed by atoms with Gasteiger partial charge in [0.2, 0.25) is 0 Å². The van der Waals surface area contributed by atoms with E-state index in [4.69, 9.17) is 37.8 Å². The van der Waals surface area contributed by atoms with Crippen LogP contribution in [0.4, 0.5) is 0 Å². The topological polar surface area (TPSA) is 59.0 Å². The molecule has 0 aliphatic carbocycles. The molecule has 8 heteroatoms. The molecule has 0 amide bonds. The molecule has 0 bridgehead atoms. The zero-order valence-electron chi connectivity index (χ0n) is 15.1. The van der Waals surface area contributed by atoms with Crippen molar-refractivity contribution in [3.63, 3.8) is 0 Å². The number of rotatable bonds is 7. The summed E-state index contributed by atoms with van der Waals surface area (Å²) in [4.78, 5) is 12.9. The van der Waals surface area contributed by atoms with Gasteiger partial charge in [0.25, 0.3) is 0 Å². The van der Waals surface area contributed by atoms with Crippen molar-refractivity contribution < 1.29 is 19.4 Å². The van der Waals surface area contributed by atoms with Crippen LogP contribution < -0.4 is 4.74 Å². The van der Waals surface area contributed by atoms with E-state index in [0.29, 0.717) is 42.1 Å². The number of morpholine rings is 1. The summed E-state index contributed by atoms with van der Waals surface area (Å²) in [5.41, 5.74) is 1.80. The maximum Gasteiger partial charge on any atom is 0.304 e. The Morgan fingerprint density at radius 3 is 2.50 bits per heavy atom. The van der Waals surface area contributed by atoms with Crippen molar-refractivity contribution in [2.45, 2.75) is 19.1 Å². The average molecular weight is 447 g/mol. The van der Waals surface area contributed by atoms with E-state index in [0.717, 1.165) is 17.7 Å². The second-order valence-corrected chi connectivity index (χ2v) is 7.18. The number of benzene rings is 2. The van der Waals surface area contributed by atoms with Crippen LogP contribution in [0.25, 0.3) is 0 Å². The van der Waals surface area contributed by atoms with Gasteiger partial charge in [-0.15, -0.1) is 12.4 Å². The van der Waals surface area contributed by atoms with Crippen LogP contribution in [0.15, 0.2) is 42.5 Å². The van der Waals surface area contributed by atoms with E-state index in [1.165, 1.54) is 0 Å². The smallest absolute Gasteiger partial charge is 0.304 e. The van der Waals surface area contributed by atoms with Crippen molar-refractivity contribution in [3.05, 3.63) is 63.6 Å². The molecule has 28 heavy (non-hydrogen) atoms. The van der Waals surface area contributed by atoms with E-state index in [1.54, 1.807) is 18.2 Å². The number of hydrogen-bond acceptors (Lipinski definition) is 4. The summed E-state index contributed by atoms with van der Waals surface area (Å²) >= 11 is 12.3. The van der Waals surface area contributed by atoms with Crippen LogP contribution in [0.3, 0.4) is 0 Å². The minimum absolute atomic E-state index is 0. The van der Waals surface area contributed by atoms with Crippen molar-refractivity contribution in [3.8, 4) is 5.75 Å². The van der Waals surface area contributed by atoms with Gasteiger partial charge in [-0.25, -0.2) is 0 Å². The molecule has 2 aromatic carbocycles. The molecular formula is C20H22Cl3NO4. The largest absolute Gasteiger partial charge is 0.489 e. The van der Waals surface area contributed by atoms with E-state index < -0.39 is 5.97 Å². The first-order valence-corrected chi connectivity index (χ1v) is 9.50. The fourth-order valence-electron chi connectivity index (χ4n) is 2.97. The molecule has 0 spiro atoms. The quantitative estimate of drug-likeness (QED) is 0.659. The number of ether oxygens (including phenoxy) is 2. The van der Waals surface area contributed by atoms with Crippen molar-refractivity contribution in [1.29, 1.82) is 0 Å². The third-order valence-electron chi connectivity index (χ3n) is 4.49. The Hall–Kier alpha value is -1.50. The first kappa shape index (κ1) is 22.8. The Bertz CT molecular complexity index is 765. The highest BCUT2D eigenvalue weighted by Gasteiger charge is 2.22. The highest BCUT2D eigenvalue weighted by molar-refractivity contribution is 6.35. The molecule has 1 N–H and O–H groups in total. The molecule has 5 nitrogen and oxygen atoms in total. The van der Waals surface area contributed by atoms with E-state index in [2.05, 4.69) is 4.90 Å². The second kappa shape index (κ2) is 10.9. The van der Waals surface area contributed by atoms with Gasteiger partial charge in [-0.3, -0.25) is 9.69 Å². The van der Waals surface area contributed by atoms with Gasteiger partial charge in [0.05, 0.1) is 19.1 Å². The summed E-state index contributed by atoms with van der Waals surface area (Å²) in [5.74, 6) is -0.0635. The van der Waals surface area contributed by atoms with Crippen LogP contribution in [-0.4, -0.2) is 42.2 Å². The summed E-state index contributed by atoms with van der Waals surface area (Å²) < 4.78 is 11.6.